The maximum atomic E-state index is 5.33. The Bertz CT molecular complexity index is 306. The van der Waals surface area contributed by atoms with E-state index >= 15 is 0 Å². The van der Waals surface area contributed by atoms with E-state index in [4.69, 9.17) is 4.74 Å². The van der Waals surface area contributed by atoms with Gasteiger partial charge in [0.1, 0.15) is 0 Å². The lowest BCUT2D eigenvalue weighted by atomic mass is 10.1. The van der Waals surface area contributed by atoms with Crippen molar-refractivity contribution >= 4 is 43.2 Å². The van der Waals surface area contributed by atoms with Gasteiger partial charge in [-0.15, -0.1) is 11.3 Å². The molecule has 1 N–H and O–H groups in total. The van der Waals surface area contributed by atoms with Crippen molar-refractivity contribution in [1.82, 2.24) is 5.32 Å². The van der Waals surface area contributed by atoms with Gasteiger partial charge in [-0.3, -0.25) is 0 Å². The Labute approximate surface area is 112 Å². The minimum Gasteiger partial charge on any atom is -0.377 e. The summed E-state index contributed by atoms with van der Waals surface area (Å²) in [6, 6.07) is 2.13. The maximum absolute atomic E-state index is 5.33. The van der Waals surface area contributed by atoms with Gasteiger partial charge in [0, 0.05) is 29.5 Å². The lowest BCUT2D eigenvalue weighted by Gasteiger charge is -2.22. The second-order valence-corrected chi connectivity index (χ2v) is 7.21. The lowest BCUT2D eigenvalue weighted by Crippen LogP contribution is -2.36. The fourth-order valence-electron chi connectivity index (χ4n) is 1.04. The number of methoxy groups -OCH3 is 1. The third-order valence-corrected chi connectivity index (χ3v) is 5.35. The van der Waals surface area contributed by atoms with Crippen LogP contribution in [-0.4, -0.2) is 19.3 Å². The monoisotopic (exact) mass is 355 g/mol. The van der Waals surface area contributed by atoms with E-state index < -0.39 is 0 Å². The molecule has 0 amide bonds. The fourth-order valence-corrected chi connectivity index (χ4v) is 3.18. The lowest BCUT2D eigenvalue weighted by molar-refractivity contribution is 0.0231. The molecule has 86 valence electrons. The van der Waals surface area contributed by atoms with Gasteiger partial charge in [0.05, 0.1) is 9.39 Å². The number of hydrogen-bond donors (Lipinski definition) is 1. The van der Waals surface area contributed by atoms with Gasteiger partial charge in [-0.25, -0.2) is 0 Å². The number of hydrogen-bond acceptors (Lipinski definition) is 3. The number of ether oxygens (including phenoxy) is 1. The average Bonchev–Trinajstić information content (AvgIpc) is 2.46. The van der Waals surface area contributed by atoms with Crippen LogP contribution in [0.5, 0.6) is 0 Å². The summed E-state index contributed by atoms with van der Waals surface area (Å²) in [7, 11) is 1.74. The highest BCUT2D eigenvalue weighted by atomic mass is 79.9. The van der Waals surface area contributed by atoms with Gasteiger partial charge >= 0.3 is 0 Å². The van der Waals surface area contributed by atoms with E-state index in [2.05, 4.69) is 57.1 Å². The molecule has 1 heterocycles. The predicted molar refractivity (Wildman–Crippen MR) is 72.5 cm³/mol. The zero-order chi connectivity index (χ0) is 11.5. The van der Waals surface area contributed by atoms with E-state index in [1.165, 1.54) is 4.88 Å². The third-order valence-electron chi connectivity index (χ3n) is 2.10. The van der Waals surface area contributed by atoms with Crippen LogP contribution in [0.1, 0.15) is 18.7 Å². The highest BCUT2D eigenvalue weighted by Crippen LogP contribution is 2.32. The van der Waals surface area contributed by atoms with Crippen LogP contribution < -0.4 is 5.32 Å². The van der Waals surface area contributed by atoms with E-state index in [0.29, 0.717) is 0 Å². The standard InChI is InChI=1S/C10H15Br2NOS/c1-10(2,14-3)6-13-5-7-4-8(11)9(12)15-7/h4,13H,5-6H2,1-3H3. The molecule has 0 atom stereocenters. The maximum Gasteiger partial charge on any atom is 0.0843 e. The highest BCUT2D eigenvalue weighted by Gasteiger charge is 2.15. The Hall–Kier alpha value is 0.580. The summed E-state index contributed by atoms with van der Waals surface area (Å²) in [4.78, 5) is 1.31. The van der Waals surface area contributed by atoms with Gasteiger partial charge < -0.3 is 10.1 Å². The molecule has 0 aliphatic rings. The second-order valence-electron chi connectivity index (χ2n) is 3.90. The van der Waals surface area contributed by atoms with E-state index in [0.717, 1.165) is 21.3 Å². The molecule has 0 bridgehead atoms. The van der Waals surface area contributed by atoms with Crippen molar-refractivity contribution in [2.45, 2.75) is 26.0 Å². The number of nitrogens with one attached hydrogen (secondary N) is 1. The molecular formula is C10H15Br2NOS. The van der Waals surface area contributed by atoms with Crippen molar-refractivity contribution in [3.63, 3.8) is 0 Å². The Balaban J connectivity index is 2.38. The van der Waals surface area contributed by atoms with E-state index in [-0.39, 0.29) is 5.60 Å². The summed E-state index contributed by atoms with van der Waals surface area (Å²) < 4.78 is 7.59. The van der Waals surface area contributed by atoms with Crippen LogP contribution in [0.3, 0.4) is 0 Å². The van der Waals surface area contributed by atoms with Crippen molar-refractivity contribution in [2.24, 2.45) is 0 Å². The topological polar surface area (TPSA) is 21.3 Å². The Morgan fingerprint density at radius 1 is 1.47 bits per heavy atom. The molecule has 0 saturated heterocycles. The van der Waals surface area contributed by atoms with Crippen LogP contribution in [-0.2, 0) is 11.3 Å². The zero-order valence-corrected chi connectivity index (χ0v) is 13.1. The molecule has 1 rings (SSSR count). The second kappa shape index (κ2) is 5.77. The first-order valence-corrected chi connectivity index (χ1v) is 7.04. The third kappa shape index (κ3) is 4.53. The van der Waals surface area contributed by atoms with Gasteiger partial charge in [0.15, 0.2) is 0 Å². The van der Waals surface area contributed by atoms with Gasteiger partial charge in [0.25, 0.3) is 0 Å². The van der Waals surface area contributed by atoms with Gasteiger partial charge in [-0.05, 0) is 51.8 Å². The zero-order valence-electron chi connectivity index (χ0n) is 9.06. The molecule has 5 heteroatoms. The van der Waals surface area contributed by atoms with Crippen LogP contribution in [0.25, 0.3) is 0 Å². The molecule has 0 radical (unpaired) electrons. The molecule has 2 nitrogen and oxygen atoms in total. The summed E-state index contributed by atoms with van der Waals surface area (Å²) in [5.74, 6) is 0. The summed E-state index contributed by atoms with van der Waals surface area (Å²) in [5.41, 5.74) is -0.105. The van der Waals surface area contributed by atoms with Gasteiger partial charge in [0.2, 0.25) is 0 Å². The fraction of sp³-hybridized carbons (Fsp3) is 0.600. The van der Waals surface area contributed by atoms with Crippen molar-refractivity contribution in [2.75, 3.05) is 13.7 Å². The number of thiophene rings is 1. The van der Waals surface area contributed by atoms with Gasteiger partial charge in [-0.2, -0.15) is 0 Å². The van der Waals surface area contributed by atoms with Crippen LogP contribution >= 0.6 is 43.2 Å². The predicted octanol–water partition coefficient (Wildman–Crippen LogP) is 3.79. The minimum atomic E-state index is -0.105. The first kappa shape index (κ1) is 13.6. The van der Waals surface area contributed by atoms with Crippen LogP contribution in [0.15, 0.2) is 14.3 Å². The Morgan fingerprint density at radius 2 is 2.13 bits per heavy atom. The number of rotatable bonds is 5. The largest absolute Gasteiger partial charge is 0.377 e. The molecule has 1 aromatic rings. The molecule has 1 aromatic heterocycles. The highest BCUT2D eigenvalue weighted by molar-refractivity contribution is 9.13. The van der Waals surface area contributed by atoms with Crippen molar-refractivity contribution in [3.05, 3.63) is 19.2 Å². The average molecular weight is 357 g/mol. The number of halogens is 2. The van der Waals surface area contributed by atoms with Gasteiger partial charge in [-0.1, -0.05) is 0 Å². The Morgan fingerprint density at radius 3 is 2.60 bits per heavy atom. The van der Waals surface area contributed by atoms with Crippen LogP contribution in [0.2, 0.25) is 0 Å². The molecule has 0 spiro atoms. The SMILES string of the molecule is COC(C)(C)CNCc1cc(Br)c(Br)s1. The van der Waals surface area contributed by atoms with Crippen molar-refractivity contribution in [1.29, 1.82) is 0 Å². The molecule has 0 unspecified atom stereocenters. The molecule has 0 fully saturated rings. The van der Waals surface area contributed by atoms with E-state index in [1.54, 1.807) is 18.4 Å². The van der Waals surface area contributed by atoms with Crippen molar-refractivity contribution in [3.8, 4) is 0 Å². The molecule has 0 saturated carbocycles. The van der Waals surface area contributed by atoms with Crippen LogP contribution in [0, 0.1) is 0 Å². The molecule has 15 heavy (non-hydrogen) atoms. The molecule has 0 aliphatic carbocycles. The first-order valence-electron chi connectivity index (χ1n) is 4.64. The molecule has 0 aromatic carbocycles. The molecular weight excluding hydrogens is 342 g/mol. The first-order chi connectivity index (χ1) is 6.94. The Kier molecular flexibility index (Phi) is 5.25. The molecule has 0 aliphatic heterocycles. The summed E-state index contributed by atoms with van der Waals surface area (Å²) in [6.45, 7) is 5.86. The summed E-state index contributed by atoms with van der Waals surface area (Å²) >= 11 is 8.69. The van der Waals surface area contributed by atoms with Crippen LogP contribution in [0.4, 0.5) is 0 Å². The van der Waals surface area contributed by atoms with Crippen molar-refractivity contribution < 1.29 is 4.74 Å². The minimum absolute atomic E-state index is 0.105. The summed E-state index contributed by atoms with van der Waals surface area (Å²) in [6.07, 6.45) is 0. The normalized spacial score (nSPS) is 12.1. The quantitative estimate of drug-likeness (QED) is 0.866. The summed E-state index contributed by atoms with van der Waals surface area (Å²) in [5, 5.41) is 3.38. The van der Waals surface area contributed by atoms with E-state index in [1.807, 2.05) is 0 Å². The smallest absolute Gasteiger partial charge is 0.0843 e. The van der Waals surface area contributed by atoms with E-state index in [9.17, 15) is 0 Å².